The van der Waals surface area contributed by atoms with Gasteiger partial charge in [0.2, 0.25) is 5.95 Å². The molecule has 1 heterocycles. The third-order valence-corrected chi connectivity index (χ3v) is 1.95. The van der Waals surface area contributed by atoms with Gasteiger partial charge in [-0.1, -0.05) is 6.07 Å². The summed E-state index contributed by atoms with van der Waals surface area (Å²) in [6.45, 7) is 0. The molecule has 4 N–H and O–H groups in total. The molecule has 0 unspecified atom stereocenters. The Kier molecular flexibility index (Phi) is 1.85. The minimum atomic E-state index is 0.170. The van der Waals surface area contributed by atoms with Crippen LogP contribution in [-0.2, 0) is 0 Å². The molecule has 5 nitrogen and oxygen atoms in total. The molecule has 0 bridgehead atoms. The predicted octanol–water partition coefficient (Wildman–Crippen LogP) is 0.803. The minimum Gasteiger partial charge on any atom is -0.496 e. The summed E-state index contributed by atoms with van der Waals surface area (Å²) in [4.78, 5) is 7.93. The Morgan fingerprint density at radius 2 is 2.00 bits per heavy atom. The van der Waals surface area contributed by atoms with E-state index in [0.29, 0.717) is 22.5 Å². The molecule has 72 valence electrons. The van der Waals surface area contributed by atoms with Crippen LogP contribution in [0.15, 0.2) is 18.2 Å². The maximum Gasteiger partial charge on any atom is 0.222 e. The van der Waals surface area contributed by atoms with E-state index >= 15 is 0 Å². The fraction of sp³-hybridized carbons (Fsp3) is 0.111. The number of hydrogen-bond acceptors (Lipinski definition) is 5. The number of rotatable bonds is 1. The zero-order valence-electron chi connectivity index (χ0n) is 7.69. The van der Waals surface area contributed by atoms with E-state index in [2.05, 4.69) is 9.97 Å². The molecule has 5 heteroatoms. The van der Waals surface area contributed by atoms with E-state index in [9.17, 15) is 0 Å². The summed E-state index contributed by atoms with van der Waals surface area (Å²) in [5, 5.41) is 0.698. The molecule has 0 aliphatic carbocycles. The molecule has 0 fully saturated rings. The summed E-state index contributed by atoms with van der Waals surface area (Å²) in [6.07, 6.45) is 0. The van der Waals surface area contributed by atoms with Crippen molar-refractivity contribution < 1.29 is 4.74 Å². The summed E-state index contributed by atoms with van der Waals surface area (Å²) < 4.78 is 5.15. The molecule has 0 spiro atoms. The van der Waals surface area contributed by atoms with Gasteiger partial charge in [-0.2, -0.15) is 4.98 Å². The van der Waals surface area contributed by atoms with E-state index in [1.54, 1.807) is 13.2 Å². The van der Waals surface area contributed by atoms with Crippen molar-refractivity contribution in [1.82, 2.24) is 9.97 Å². The molecule has 0 aliphatic heterocycles. The van der Waals surface area contributed by atoms with E-state index in [-0.39, 0.29) is 5.95 Å². The lowest BCUT2D eigenvalue weighted by molar-refractivity contribution is 0.420. The molecule has 0 aliphatic rings. The number of methoxy groups -OCH3 is 1. The summed E-state index contributed by atoms with van der Waals surface area (Å²) in [5.74, 6) is 1.16. The Morgan fingerprint density at radius 1 is 1.21 bits per heavy atom. The molecule has 14 heavy (non-hydrogen) atoms. The topological polar surface area (TPSA) is 87.0 Å². The second-order valence-electron chi connectivity index (χ2n) is 2.82. The molecule has 1 aromatic carbocycles. The van der Waals surface area contributed by atoms with Crippen LogP contribution in [0.25, 0.3) is 10.9 Å². The lowest BCUT2D eigenvalue weighted by Gasteiger charge is -2.06. The van der Waals surface area contributed by atoms with Crippen LogP contribution >= 0.6 is 0 Å². The highest BCUT2D eigenvalue weighted by atomic mass is 16.5. The van der Waals surface area contributed by atoms with Gasteiger partial charge in [-0.3, -0.25) is 0 Å². The number of ether oxygens (including phenoxy) is 1. The van der Waals surface area contributed by atoms with Gasteiger partial charge in [0.05, 0.1) is 18.0 Å². The van der Waals surface area contributed by atoms with Crippen LogP contribution in [-0.4, -0.2) is 17.1 Å². The zero-order valence-corrected chi connectivity index (χ0v) is 7.69. The van der Waals surface area contributed by atoms with Crippen molar-refractivity contribution in [2.24, 2.45) is 0 Å². The van der Waals surface area contributed by atoms with E-state index in [0.717, 1.165) is 0 Å². The predicted molar refractivity (Wildman–Crippen MR) is 54.9 cm³/mol. The van der Waals surface area contributed by atoms with Crippen molar-refractivity contribution in [2.45, 2.75) is 0 Å². The number of benzene rings is 1. The molecular weight excluding hydrogens is 180 g/mol. The largest absolute Gasteiger partial charge is 0.496 e. The highest BCUT2D eigenvalue weighted by Gasteiger charge is 2.07. The van der Waals surface area contributed by atoms with Crippen LogP contribution in [0.2, 0.25) is 0 Å². The maximum absolute atomic E-state index is 5.72. The number of nitrogens with zero attached hydrogens (tertiary/aromatic N) is 2. The SMILES string of the molecule is COc1cccc2nc(N)nc(N)c12. The summed E-state index contributed by atoms with van der Waals surface area (Å²) in [5.41, 5.74) is 11.9. The van der Waals surface area contributed by atoms with Gasteiger partial charge in [-0.05, 0) is 12.1 Å². The lowest BCUT2D eigenvalue weighted by atomic mass is 10.2. The maximum atomic E-state index is 5.72. The summed E-state index contributed by atoms with van der Waals surface area (Å²) in [6, 6.07) is 5.44. The van der Waals surface area contributed by atoms with Gasteiger partial charge in [0.15, 0.2) is 0 Å². The average Bonchev–Trinajstić information content (AvgIpc) is 2.16. The monoisotopic (exact) mass is 190 g/mol. The number of fused-ring (bicyclic) bond motifs is 1. The lowest BCUT2D eigenvalue weighted by Crippen LogP contribution is -2.01. The highest BCUT2D eigenvalue weighted by molar-refractivity contribution is 5.94. The smallest absolute Gasteiger partial charge is 0.222 e. The fourth-order valence-corrected chi connectivity index (χ4v) is 1.37. The molecule has 0 saturated carbocycles. The normalized spacial score (nSPS) is 10.4. The van der Waals surface area contributed by atoms with Crippen LogP contribution in [0, 0.1) is 0 Å². The molecule has 0 amide bonds. The van der Waals surface area contributed by atoms with Gasteiger partial charge in [-0.15, -0.1) is 0 Å². The first-order valence-corrected chi connectivity index (χ1v) is 4.08. The van der Waals surface area contributed by atoms with Crippen molar-refractivity contribution in [2.75, 3.05) is 18.6 Å². The second-order valence-corrected chi connectivity index (χ2v) is 2.82. The number of aromatic nitrogens is 2. The van der Waals surface area contributed by atoms with E-state index in [1.165, 1.54) is 0 Å². The second kappa shape index (κ2) is 3.02. The first-order valence-electron chi connectivity index (χ1n) is 4.08. The average molecular weight is 190 g/mol. The van der Waals surface area contributed by atoms with E-state index in [1.807, 2.05) is 12.1 Å². The first-order chi connectivity index (χ1) is 6.72. The molecular formula is C9H10N4O. The summed E-state index contributed by atoms with van der Waals surface area (Å²) in [7, 11) is 1.57. The Morgan fingerprint density at radius 3 is 2.71 bits per heavy atom. The van der Waals surface area contributed by atoms with Gasteiger partial charge >= 0.3 is 0 Å². The van der Waals surface area contributed by atoms with Gasteiger partial charge in [-0.25, -0.2) is 4.98 Å². The molecule has 0 atom stereocenters. The Balaban J connectivity index is 2.87. The van der Waals surface area contributed by atoms with Gasteiger partial charge in [0.25, 0.3) is 0 Å². The minimum absolute atomic E-state index is 0.170. The Hall–Kier alpha value is -2.04. The third kappa shape index (κ3) is 1.19. The van der Waals surface area contributed by atoms with Gasteiger partial charge in [0, 0.05) is 0 Å². The van der Waals surface area contributed by atoms with E-state index in [4.69, 9.17) is 16.2 Å². The number of hydrogen-bond donors (Lipinski definition) is 2. The van der Waals surface area contributed by atoms with Crippen LogP contribution in [0.3, 0.4) is 0 Å². The third-order valence-electron chi connectivity index (χ3n) is 1.95. The van der Waals surface area contributed by atoms with Crippen molar-refractivity contribution in [3.63, 3.8) is 0 Å². The van der Waals surface area contributed by atoms with Crippen molar-refractivity contribution in [1.29, 1.82) is 0 Å². The van der Waals surface area contributed by atoms with Gasteiger partial charge in [0.1, 0.15) is 11.6 Å². The van der Waals surface area contributed by atoms with Crippen LogP contribution in [0.4, 0.5) is 11.8 Å². The molecule has 2 aromatic rings. The Labute approximate surface area is 80.7 Å². The fourth-order valence-electron chi connectivity index (χ4n) is 1.37. The van der Waals surface area contributed by atoms with Crippen LogP contribution in [0.5, 0.6) is 5.75 Å². The number of nitrogen functional groups attached to an aromatic ring is 2. The number of nitrogens with two attached hydrogens (primary N) is 2. The number of anilines is 2. The van der Waals surface area contributed by atoms with Crippen LogP contribution in [0.1, 0.15) is 0 Å². The molecule has 0 radical (unpaired) electrons. The van der Waals surface area contributed by atoms with Crippen molar-refractivity contribution in [3.05, 3.63) is 18.2 Å². The molecule has 0 saturated heterocycles. The van der Waals surface area contributed by atoms with Crippen molar-refractivity contribution in [3.8, 4) is 5.75 Å². The molecule has 1 aromatic heterocycles. The Bertz CT molecular complexity index is 483. The van der Waals surface area contributed by atoms with Gasteiger partial charge < -0.3 is 16.2 Å². The first kappa shape index (κ1) is 8.55. The van der Waals surface area contributed by atoms with Crippen LogP contribution < -0.4 is 16.2 Å². The standard InChI is InChI=1S/C9H10N4O/c1-14-6-4-2-3-5-7(6)8(10)13-9(11)12-5/h2-4H,1H3,(H4,10,11,12,13). The zero-order chi connectivity index (χ0) is 10.1. The highest BCUT2D eigenvalue weighted by Crippen LogP contribution is 2.28. The van der Waals surface area contributed by atoms with Crippen molar-refractivity contribution >= 4 is 22.7 Å². The van der Waals surface area contributed by atoms with E-state index < -0.39 is 0 Å². The molecule has 2 rings (SSSR count). The quantitative estimate of drug-likeness (QED) is 0.694. The summed E-state index contributed by atoms with van der Waals surface area (Å²) >= 11 is 0.